The molecule has 3 rings (SSSR count). The summed E-state index contributed by atoms with van der Waals surface area (Å²) in [5.74, 6) is 0.432. The molecule has 0 aromatic heterocycles. The predicted molar refractivity (Wildman–Crippen MR) is 80.7 cm³/mol. The first-order valence-corrected chi connectivity index (χ1v) is 7.73. The summed E-state index contributed by atoms with van der Waals surface area (Å²) in [6.07, 6.45) is 3.25. The highest BCUT2D eigenvalue weighted by atomic mass is 16.2. The van der Waals surface area contributed by atoms with Gasteiger partial charge in [0.15, 0.2) is 0 Å². The van der Waals surface area contributed by atoms with Crippen LogP contribution in [-0.4, -0.2) is 23.5 Å². The minimum atomic E-state index is 0.123. The summed E-state index contributed by atoms with van der Waals surface area (Å²) in [6, 6.07) is 7.41. The van der Waals surface area contributed by atoms with Crippen LogP contribution in [0.15, 0.2) is 18.2 Å². The van der Waals surface area contributed by atoms with Crippen molar-refractivity contribution in [2.45, 2.75) is 52.1 Å². The van der Waals surface area contributed by atoms with E-state index in [9.17, 15) is 4.79 Å². The molecule has 0 spiro atoms. The zero-order valence-corrected chi connectivity index (χ0v) is 12.6. The Kier molecular flexibility index (Phi) is 3.45. The van der Waals surface area contributed by atoms with E-state index >= 15 is 0 Å². The summed E-state index contributed by atoms with van der Waals surface area (Å²) >= 11 is 0. The number of rotatable bonds is 2. The second kappa shape index (κ2) is 5.12. The summed E-state index contributed by atoms with van der Waals surface area (Å²) in [7, 11) is 0. The van der Waals surface area contributed by atoms with Crippen LogP contribution in [0.3, 0.4) is 0 Å². The lowest BCUT2D eigenvalue weighted by Gasteiger charge is -2.40. The standard InChI is InChI=1S/C17H24N2O/c1-11(2)16-15-7-4-12(3)10-13(15)8-9-19(16)17(20)18-14-5-6-14/h4,7,10-11,14,16H,5-6,8-9H2,1-3H3,(H,18,20). The Hall–Kier alpha value is -1.51. The molecular formula is C17H24N2O. The minimum Gasteiger partial charge on any atom is -0.335 e. The Morgan fingerprint density at radius 3 is 2.75 bits per heavy atom. The molecule has 0 radical (unpaired) electrons. The van der Waals surface area contributed by atoms with Crippen molar-refractivity contribution in [1.82, 2.24) is 10.2 Å². The number of hydrogen-bond donors (Lipinski definition) is 1. The summed E-state index contributed by atoms with van der Waals surface area (Å²) in [5, 5.41) is 3.14. The monoisotopic (exact) mass is 272 g/mol. The van der Waals surface area contributed by atoms with Gasteiger partial charge in [-0.1, -0.05) is 37.6 Å². The first-order valence-electron chi connectivity index (χ1n) is 7.73. The number of urea groups is 1. The zero-order valence-electron chi connectivity index (χ0n) is 12.6. The van der Waals surface area contributed by atoms with Crippen LogP contribution in [0.1, 0.15) is 49.4 Å². The van der Waals surface area contributed by atoms with Gasteiger partial charge < -0.3 is 10.2 Å². The van der Waals surface area contributed by atoms with Gasteiger partial charge in [-0.15, -0.1) is 0 Å². The molecule has 1 heterocycles. The second-order valence-corrected chi connectivity index (χ2v) is 6.56. The van der Waals surface area contributed by atoms with Gasteiger partial charge >= 0.3 is 6.03 Å². The Morgan fingerprint density at radius 2 is 2.10 bits per heavy atom. The lowest BCUT2D eigenvalue weighted by Crippen LogP contribution is -2.47. The van der Waals surface area contributed by atoms with Gasteiger partial charge in [0, 0.05) is 12.6 Å². The van der Waals surface area contributed by atoms with Crippen molar-refractivity contribution in [2.24, 2.45) is 5.92 Å². The van der Waals surface area contributed by atoms with E-state index in [0.717, 1.165) is 25.8 Å². The van der Waals surface area contributed by atoms with E-state index in [0.29, 0.717) is 12.0 Å². The van der Waals surface area contributed by atoms with Crippen LogP contribution in [0.4, 0.5) is 4.79 Å². The normalized spacial score (nSPS) is 21.8. The van der Waals surface area contributed by atoms with Gasteiger partial charge in [0.1, 0.15) is 0 Å². The number of aryl methyl sites for hydroxylation is 1. The van der Waals surface area contributed by atoms with E-state index in [1.807, 2.05) is 4.90 Å². The molecule has 1 aromatic rings. The number of hydrogen-bond acceptors (Lipinski definition) is 1. The molecule has 1 atom stereocenters. The molecular weight excluding hydrogens is 248 g/mol. The maximum Gasteiger partial charge on any atom is 0.318 e. The average Bonchev–Trinajstić information content (AvgIpc) is 3.20. The molecule has 1 unspecified atom stereocenters. The smallest absolute Gasteiger partial charge is 0.318 e. The maximum absolute atomic E-state index is 12.5. The molecule has 2 amide bonds. The molecule has 1 saturated carbocycles. The topological polar surface area (TPSA) is 32.3 Å². The van der Waals surface area contributed by atoms with Crippen LogP contribution < -0.4 is 5.32 Å². The highest BCUT2D eigenvalue weighted by molar-refractivity contribution is 5.76. The Balaban J connectivity index is 1.88. The molecule has 1 aliphatic heterocycles. The van der Waals surface area contributed by atoms with Gasteiger partial charge in [-0.25, -0.2) is 4.79 Å². The lowest BCUT2D eigenvalue weighted by molar-refractivity contribution is 0.148. The van der Waals surface area contributed by atoms with Crippen LogP contribution in [0.5, 0.6) is 0 Å². The van der Waals surface area contributed by atoms with E-state index in [1.165, 1.54) is 16.7 Å². The molecule has 1 fully saturated rings. The van der Waals surface area contributed by atoms with Gasteiger partial charge in [-0.05, 0) is 43.2 Å². The fourth-order valence-corrected chi connectivity index (χ4v) is 3.22. The number of carbonyl (C=O) groups excluding carboxylic acids is 1. The third kappa shape index (κ3) is 2.54. The highest BCUT2D eigenvalue weighted by Crippen LogP contribution is 2.36. The quantitative estimate of drug-likeness (QED) is 0.879. The molecule has 1 aromatic carbocycles. The van der Waals surface area contributed by atoms with E-state index in [4.69, 9.17) is 0 Å². The summed E-state index contributed by atoms with van der Waals surface area (Å²) in [5.41, 5.74) is 4.06. The van der Waals surface area contributed by atoms with Crippen molar-refractivity contribution in [1.29, 1.82) is 0 Å². The van der Waals surface area contributed by atoms with Crippen molar-refractivity contribution in [3.8, 4) is 0 Å². The first kappa shape index (κ1) is 13.5. The zero-order chi connectivity index (χ0) is 14.3. The molecule has 20 heavy (non-hydrogen) atoms. The molecule has 0 saturated heterocycles. The SMILES string of the molecule is Cc1ccc2c(c1)CCN(C(=O)NC1CC1)C2C(C)C. The molecule has 1 aliphatic carbocycles. The van der Waals surface area contributed by atoms with Gasteiger partial charge in [-0.2, -0.15) is 0 Å². The molecule has 108 valence electrons. The number of nitrogens with one attached hydrogen (secondary N) is 1. The number of fused-ring (bicyclic) bond motifs is 1. The Morgan fingerprint density at radius 1 is 1.35 bits per heavy atom. The largest absolute Gasteiger partial charge is 0.335 e. The van der Waals surface area contributed by atoms with Crippen molar-refractivity contribution < 1.29 is 4.79 Å². The summed E-state index contributed by atoms with van der Waals surface area (Å²) in [6.45, 7) is 7.38. The molecule has 3 nitrogen and oxygen atoms in total. The van der Waals surface area contributed by atoms with E-state index in [-0.39, 0.29) is 12.1 Å². The van der Waals surface area contributed by atoms with Crippen molar-refractivity contribution in [2.75, 3.05) is 6.54 Å². The van der Waals surface area contributed by atoms with E-state index < -0.39 is 0 Å². The van der Waals surface area contributed by atoms with Gasteiger partial charge in [0.05, 0.1) is 6.04 Å². The maximum atomic E-state index is 12.5. The van der Waals surface area contributed by atoms with Crippen molar-refractivity contribution in [3.05, 3.63) is 34.9 Å². The van der Waals surface area contributed by atoms with Gasteiger partial charge in [0.2, 0.25) is 0 Å². The van der Waals surface area contributed by atoms with Crippen LogP contribution in [0, 0.1) is 12.8 Å². The van der Waals surface area contributed by atoms with Crippen molar-refractivity contribution in [3.63, 3.8) is 0 Å². The predicted octanol–water partition coefficient (Wildman–Crippen LogP) is 3.42. The average molecular weight is 272 g/mol. The van der Waals surface area contributed by atoms with Crippen LogP contribution >= 0.6 is 0 Å². The van der Waals surface area contributed by atoms with Gasteiger partial charge in [0.25, 0.3) is 0 Å². The molecule has 3 heteroatoms. The van der Waals surface area contributed by atoms with Crippen LogP contribution in [0.2, 0.25) is 0 Å². The third-order valence-electron chi connectivity index (χ3n) is 4.37. The number of benzene rings is 1. The third-order valence-corrected chi connectivity index (χ3v) is 4.37. The number of amides is 2. The Labute approximate surface area is 121 Å². The molecule has 2 aliphatic rings. The molecule has 0 bridgehead atoms. The highest BCUT2D eigenvalue weighted by Gasteiger charge is 2.34. The summed E-state index contributed by atoms with van der Waals surface area (Å²) in [4.78, 5) is 14.5. The first-order chi connectivity index (χ1) is 9.56. The number of carbonyl (C=O) groups is 1. The van der Waals surface area contributed by atoms with Crippen LogP contribution in [0.25, 0.3) is 0 Å². The number of nitrogens with zero attached hydrogens (tertiary/aromatic N) is 1. The van der Waals surface area contributed by atoms with Crippen molar-refractivity contribution >= 4 is 6.03 Å². The fraction of sp³-hybridized carbons (Fsp3) is 0.588. The minimum absolute atomic E-state index is 0.123. The van der Waals surface area contributed by atoms with E-state index in [2.05, 4.69) is 44.3 Å². The van der Waals surface area contributed by atoms with E-state index in [1.54, 1.807) is 0 Å². The van der Waals surface area contributed by atoms with Gasteiger partial charge in [-0.3, -0.25) is 0 Å². The fourth-order valence-electron chi connectivity index (χ4n) is 3.22. The molecule has 1 N–H and O–H groups in total. The Bertz CT molecular complexity index is 520. The lowest BCUT2D eigenvalue weighted by atomic mass is 9.85. The van der Waals surface area contributed by atoms with Crippen LogP contribution in [-0.2, 0) is 6.42 Å². The summed E-state index contributed by atoms with van der Waals surface area (Å²) < 4.78 is 0. The second-order valence-electron chi connectivity index (χ2n) is 6.56.